The van der Waals surface area contributed by atoms with E-state index in [9.17, 15) is 10.2 Å². The van der Waals surface area contributed by atoms with Crippen LogP contribution in [-0.4, -0.2) is 23.4 Å². The van der Waals surface area contributed by atoms with Crippen molar-refractivity contribution in [3.63, 3.8) is 0 Å². The molecule has 2 heteroatoms. The molecule has 20 heavy (non-hydrogen) atoms. The summed E-state index contributed by atoms with van der Waals surface area (Å²) in [6.45, 7) is 2.00. The Labute approximate surface area is 120 Å². The molecule has 2 aromatic rings. The molecule has 0 aliphatic rings. The van der Waals surface area contributed by atoms with Crippen LogP contribution in [0.1, 0.15) is 23.6 Å². The van der Waals surface area contributed by atoms with Crippen molar-refractivity contribution < 1.29 is 10.2 Å². The number of aliphatic hydroxyl groups excluding tert-OH is 2. The van der Waals surface area contributed by atoms with Gasteiger partial charge in [-0.25, -0.2) is 0 Å². The highest BCUT2D eigenvalue weighted by Gasteiger charge is 2.31. The second kappa shape index (κ2) is 6.69. The van der Waals surface area contributed by atoms with Gasteiger partial charge in [0.2, 0.25) is 0 Å². The van der Waals surface area contributed by atoms with E-state index < -0.39 is 5.41 Å². The van der Waals surface area contributed by atoms with Crippen molar-refractivity contribution in [2.45, 2.75) is 25.2 Å². The molecule has 0 saturated carbocycles. The summed E-state index contributed by atoms with van der Waals surface area (Å²) in [5.41, 5.74) is 2.79. The normalized spacial score (nSPS) is 11.6. The van der Waals surface area contributed by atoms with Gasteiger partial charge in [-0.1, -0.05) is 61.5 Å². The zero-order valence-electron chi connectivity index (χ0n) is 11.9. The van der Waals surface area contributed by atoms with E-state index in [0.29, 0.717) is 6.42 Å². The van der Waals surface area contributed by atoms with Crippen LogP contribution >= 0.6 is 0 Å². The highest BCUT2D eigenvalue weighted by atomic mass is 16.3. The Kier molecular flexibility index (Phi) is 4.94. The Morgan fingerprint density at radius 1 is 0.800 bits per heavy atom. The predicted octanol–water partition coefficient (Wildman–Crippen LogP) is 2.71. The number of aliphatic hydroxyl groups is 2. The summed E-state index contributed by atoms with van der Waals surface area (Å²) in [6.07, 6.45) is 1.65. The number of benzene rings is 2. The lowest BCUT2D eigenvalue weighted by atomic mass is 9.77. The van der Waals surface area contributed by atoms with E-state index in [-0.39, 0.29) is 13.2 Å². The standard InChI is InChI=1S/C18H22O2/c1-2-15-8-10-16(11-9-15)12-18(13-19,14-20)17-6-4-3-5-7-17/h3-11,19-20H,2,12-14H2,1H3. The predicted molar refractivity (Wildman–Crippen MR) is 81.8 cm³/mol. The monoisotopic (exact) mass is 270 g/mol. The highest BCUT2D eigenvalue weighted by Crippen LogP contribution is 2.28. The van der Waals surface area contributed by atoms with Crippen LogP contribution in [0, 0.1) is 0 Å². The Morgan fingerprint density at radius 2 is 1.35 bits per heavy atom. The van der Waals surface area contributed by atoms with Crippen LogP contribution in [0.25, 0.3) is 0 Å². The zero-order chi connectivity index (χ0) is 14.4. The molecular weight excluding hydrogens is 248 g/mol. The number of rotatable bonds is 6. The van der Waals surface area contributed by atoms with Gasteiger partial charge in [-0.05, 0) is 29.5 Å². The first-order chi connectivity index (χ1) is 9.74. The summed E-state index contributed by atoms with van der Waals surface area (Å²) in [5.74, 6) is 0. The second-order valence-corrected chi connectivity index (χ2v) is 5.31. The molecular formula is C18H22O2. The largest absolute Gasteiger partial charge is 0.395 e. The minimum Gasteiger partial charge on any atom is -0.395 e. The molecule has 0 amide bonds. The SMILES string of the molecule is CCc1ccc(CC(CO)(CO)c2ccccc2)cc1. The summed E-state index contributed by atoms with van der Waals surface area (Å²) in [4.78, 5) is 0. The molecule has 2 aromatic carbocycles. The van der Waals surface area contributed by atoms with Gasteiger partial charge in [-0.3, -0.25) is 0 Å². The van der Waals surface area contributed by atoms with Crippen molar-refractivity contribution in [1.82, 2.24) is 0 Å². The van der Waals surface area contributed by atoms with Crippen molar-refractivity contribution in [1.29, 1.82) is 0 Å². The molecule has 0 radical (unpaired) electrons. The molecule has 106 valence electrons. The van der Waals surface area contributed by atoms with Crippen LogP contribution in [0.3, 0.4) is 0 Å². The fourth-order valence-electron chi connectivity index (χ4n) is 2.52. The average molecular weight is 270 g/mol. The third-order valence-corrected chi connectivity index (χ3v) is 3.97. The van der Waals surface area contributed by atoms with Crippen LogP contribution in [0.15, 0.2) is 54.6 Å². The van der Waals surface area contributed by atoms with E-state index in [1.807, 2.05) is 30.3 Å². The van der Waals surface area contributed by atoms with Gasteiger partial charge in [0.15, 0.2) is 0 Å². The summed E-state index contributed by atoms with van der Waals surface area (Å²) in [6, 6.07) is 18.1. The number of hydrogen-bond acceptors (Lipinski definition) is 2. The van der Waals surface area contributed by atoms with Gasteiger partial charge in [0.1, 0.15) is 0 Å². The van der Waals surface area contributed by atoms with Crippen molar-refractivity contribution in [2.24, 2.45) is 0 Å². The first-order valence-electron chi connectivity index (χ1n) is 7.09. The van der Waals surface area contributed by atoms with E-state index in [1.54, 1.807) is 0 Å². The van der Waals surface area contributed by atoms with E-state index in [4.69, 9.17) is 0 Å². The van der Waals surface area contributed by atoms with E-state index in [0.717, 1.165) is 17.5 Å². The lowest BCUT2D eigenvalue weighted by Crippen LogP contribution is -2.37. The Balaban J connectivity index is 2.29. The minimum absolute atomic E-state index is 0.0664. The summed E-state index contributed by atoms with van der Waals surface area (Å²) >= 11 is 0. The van der Waals surface area contributed by atoms with Crippen LogP contribution in [-0.2, 0) is 18.3 Å². The van der Waals surface area contributed by atoms with Gasteiger partial charge < -0.3 is 10.2 Å². The minimum atomic E-state index is -0.616. The van der Waals surface area contributed by atoms with E-state index in [1.165, 1.54) is 5.56 Å². The van der Waals surface area contributed by atoms with Crippen molar-refractivity contribution >= 4 is 0 Å². The van der Waals surface area contributed by atoms with Crippen molar-refractivity contribution in [2.75, 3.05) is 13.2 Å². The first kappa shape index (κ1) is 14.8. The maximum absolute atomic E-state index is 9.83. The van der Waals surface area contributed by atoms with Crippen LogP contribution in [0.4, 0.5) is 0 Å². The van der Waals surface area contributed by atoms with Crippen LogP contribution in [0.2, 0.25) is 0 Å². The Bertz CT molecular complexity index is 513. The molecule has 0 aliphatic heterocycles. The summed E-state index contributed by atoms with van der Waals surface area (Å²) in [7, 11) is 0. The maximum Gasteiger partial charge on any atom is 0.0553 e. The molecule has 0 saturated heterocycles. The van der Waals surface area contributed by atoms with Gasteiger partial charge in [0, 0.05) is 5.41 Å². The number of hydrogen-bond donors (Lipinski definition) is 2. The fraction of sp³-hybridized carbons (Fsp3) is 0.333. The molecule has 0 aromatic heterocycles. The average Bonchev–Trinajstić information content (AvgIpc) is 2.54. The van der Waals surface area contributed by atoms with Crippen molar-refractivity contribution in [3.8, 4) is 0 Å². The Hall–Kier alpha value is -1.64. The molecule has 0 aliphatic carbocycles. The molecule has 0 atom stereocenters. The molecule has 2 nitrogen and oxygen atoms in total. The third-order valence-electron chi connectivity index (χ3n) is 3.97. The van der Waals surface area contributed by atoms with Crippen molar-refractivity contribution in [3.05, 3.63) is 71.3 Å². The summed E-state index contributed by atoms with van der Waals surface area (Å²) in [5, 5.41) is 19.7. The third kappa shape index (κ3) is 3.09. The molecule has 0 heterocycles. The second-order valence-electron chi connectivity index (χ2n) is 5.31. The van der Waals surface area contributed by atoms with Gasteiger partial charge in [-0.2, -0.15) is 0 Å². The molecule has 0 spiro atoms. The van der Waals surface area contributed by atoms with E-state index in [2.05, 4.69) is 31.2 Å². The zero-order valence-corrected chi connectivity index (χ0v) is 11.9. The lowest BCUT2D eigenvalue weighted by molar-refractivity contribution is 0.116. The van der Waals surface area contributed by atoms with E-state index >= 15 is 0 Å². The van der Waals surface area contributed by atoms with Crippen LogP contribution < -0.4 is 0 Å². The Morgan fingerprint density at radius 3 is 1.85 bits per heavy atom. The van der Waals surface area contributed by atoms with Gasteiger partial charge >= 0.3 is 0 Å². The molecule has 0 fully saturated rings. The fourth-order valence-corrected chi connectivity index (χ4v) is 2.52. The number of aryl methyl sites for hydroxylation is 1. The lowest BCUT2D eigenvalue weighted by Gasteiger charge is -2.30. The van der Waals surface area contributed by atoms with Gasteiger partial charge in [0.25, 0.3) is 0 Å². The van der Waals surface area contributed by atoms with Gasteiger partial charge in [0.05, 0.1) is 13.2 Å². The molecule has 2 rings (SSSR count). The van der Waals surface area contributed by atoms with Gasteiger partial charge in [-0.15, -0.1) is 0 Å². The topological polar surface area (TPSA) is 40.5 Å². The molecule has 2 N–H and O–H groups in total. The highest BCUT2D eigenvalue weighted by molar-refractivity contribution is 5.31. The smallest absolute Gasteiger partial charge is 0.0553 e. The molecule has 0 bridgehead atoms. The maximum atomic E-state index is 9.83. The first-order valence-corrected chi connectivity index (χ1v) is 7.09. The summed E-state index contributed by atoms with van der Waals surface area (Å²) < 4.78 is 0. The van der Waals surface area contributed by atoms with Crippen LogP contribution in [0.5, 0.6) is 0 Å². The quantitative estimate of drug-likeness (QED) is 0.847. The molecule has 0 unspecified atom stereocenters.